The molecule has 0 spiro atoms. The first-order valence-corrected chi connectivity index (χ1v) is 6.46. The first-order valence-electron chi connectivity index (χ1n) is 6.46. The third-order valence-electron chi connectivity index (χ3n) is 3.44. The number of hydrogen-bond acceptors (Lipinski definition) is 4. The van der Waals surface area contributed by atoms with Gasteiger partial charge in [-0.25, -0.2) is 4.98 Å². The highest BCUT2D eigenvalue weighted by Gasteiger charge is 2.27. The zero-order chi connectivity index (χ0) is 13.1. The SMILES string of the molecule is Cc1nc(C)c(C(=O)N2CCCC(CCO)C2)o1. The lowest BCUT2D eigenvalue weighted by Crippen LogP contribution is -2.40. The highest BCUT2D eigenvalue weighted by Crippen LogP contribution is 2.22. The van der Waals surface area contributed by atoms with Gasteiger partial charge in [0.1, 0.15) is 0 Å². The number of nitrogens with zero attached hydrogens (tertiary/aromatic N) is 2. The van der Waals surface area contributed by atoms with Crippen LogP contribution in [0.5, 0.6) is 0 Å². The van der Waals surface area contributed by atoms with Crippen LogP contribution in [0.25, 0.3) is 0 Å². The Morgan fingerprint density at radius 2 is 2.33 bits per heavy atom. The second kappa shape index (κ2) is 5.52. The van der Waals surface area contributed by atoms with Crippen molar-refractivity contribution in [3.8, 4) is 0 Å². The molecule has 1 unspecified atom stereocenters. The number of aromatic nitrogens is 1. The van der Waals surface area contributed by atoms with Gasteiger partial charge < -0.3 is 14.4 Å². The van der Waals surface area contributed by atoms with Crippen LogP contribution in [0.2, 0.25) is 0 Å². The van der Waals surface area contributed by atoms with Crippen LogP contribution in [0, 0.1) is 19.8 Å². The summed E-state index contributed by atoms with van der Waals surface area (Å²) < 4.78 is 5.37. The second-order valence-electron chi connectivity index (χ2n) is 4.92. The maximum absolute atomic E-state index is 12.3. The number of aliphatic hydroxyl groups is 1. The summed E-state index contributed by atoms with van der Waals surface area (Å²) >= 11 is 0. The summed E-state index contributed by atoms with van der Waals surface area (Å²) in [5.41, 5.74) is 0.654. The van der Waals surface area contributed by atoms with Crippen LogP contribution < -0.4 is 0 Å². The summed E-state index contributed by atoms with van der Waals surface area (Å²) in [4.78, 5) is 18.3. The van der Waals surface area contributed by atoms with Crippen LogP contribution in [-0.4, -0.2) is 40.6 Å². The summed E-state index contributed by atoms with van der Waals surface area (Å²) in [5.74, 6) is 1.21. The van der Waals surface area contributed by atoms with Crippen molar-refractivity contribution in [1.82, 2.24) is 9.88 Å². The normalized spacial score (nSPS) is 20.2. The highest BCUT2D eigenvalue weighted by atomic mass is 16.4. The molecule has 0 saturated carbocycles. The molecule has 1 saturated heterocycles. The molecule has 0 bridgehead atoms. The average Bonchev–Trinajstić information content (AvgIpc) is 2.68. The molecule has 1 N–H and O–H groups in total. The molecule has 1 aromatic rings. The molecule has 1 aromatic heterocycles. The molecular weight excluding hydrogens is 232 g/mol. The molecule has 0 aliphatic carbocycles. The van der Waals surface area contributed by atoms with Gasteiger partial charge in [-0.2, -0.15) is 0 Å². The zero-order valence-corrected chi connectivity index (χ0v) is 11.0. The molecule has 18 heavy (non-hydrogen) atoms. The quantitative estimate of drug-likeness (QED) is 0.885. The number of rotatable bonds is 3. The number of amides is 1. The Kier molecular flexibility index (Phi) is 4.01. The molecule has 1 aliphatic rings. The number of aliphatic hydroxyl groups excluding tert-OH is 1. The van der Waals surface area contributed by atoms with Gasteiger partial charge in [0.2, 0.25) is 5.76 Å². The number of aryl methyl sites for hydroxylation is 2. The number of oxazole rings is 1. The lowest BCUT2D eigenvalue weighted by molar-refractivity contribution is 0.0620. The van der Waals surface area contributed by atoms with Gasteiger partial charge in [0.05, 0.1) is 5.69 Å². The molecule has 0 radical (unpaired) electrons. The molecule has 1 amide bonds. The van der Waals surface area contributed by atoms with Gasteiger partial charge in [-0.05, 0) is 32.1 Å². The van der Waals surface area contributed by atoms with Crippen LogP contribution in [0.4, 0.5) is 0 Å². The minimum absolute atomic E-state index is 0.0734. The molecular formula is C13H20N2O3. The van der Waals surface area contributed by atoms with E-state index in [9.17, 15) is 4.79 Å². The van der Waals surface area contributed by atoms with E-state index in [1.54, 1.807) is 13.8 Å². The highest BCUT2D eigenvalue weighted by molar-refractivity contribution is 5.92. The molecule has 0 aromatic carbocycles. The number of piperidine rings is 1. The predicted molar refractivity (Wildman–Crippen MR) is 66.3 cm³/mol. The lowest BCUT2D eigenvalue weighted by atomic mass is 9.95. The third kappa shape index (κ3) is 2.72. The standard InChI is InChI=1S/C13H20N2O3/c1-9-12(18-10(2)14-9)13(17)15-6-3-4-11(8-15)5-7-16/h11,16H,3-8H2,1-2H3. The van der Waals surface area contributed by atoms with Crippen LogP contribution >= 0.6 is 0 Å². The van der Waals surface area contributed by atoms with E-state index in [1.807, 2.05) is 4.90 Å². The molecule has 1 fully saturated rings. The van der Waals surface area contributed by atoms with E-state index in [-0.39, 0.29) is 12.5 Å². The van der Waals surface area contributed by atoms with E-state index in [1.165, 1.54) is 0 Å². The molecule has 1 atom stereocenters. The molecule has 100 valence electrons. The van der Waals surface area contributed by atoms with E-state index in [4.69, 9.17) is 9.52 Å². The van der Waals surface area contributed by atoms with E-state index >= 15 is 0 Å². The topological polar surface area (TPSA) is 66.6 Å². The summed E-state index contributed by atoms with van der Waals surface area (Å²) in [5, 5.41) is 8.98. The number of carbonyl (C=O) groups is 1. The first-order chi connectivity index (χ1) is 8.61. The van der Waals surface area contributed by atoms with Gasteiger partial charge >= 0.3 is 0 Å². The largest absolute Gasteiger partial charge is 0.436 e. The molecule has 5 nitrogen and oxygen atoms in total. The average molecular weight is 252 g/mol. The van der Waals surface area contributed by atoms with E-state index in [0.29, 0.717) is 29.8 Å². The Balaban J connectivity index is 2.06. The zero-order valence-electron chi connectivity index (χ0n) is 11.0. The van der Waals surface area contributed by atoms with E-state index < -0.39 is 0 Å². The van der Waals surface area contributed by atoms with Gasteiger partial charge in [-0.1, -0.05) is 0 Å². The monoisotopic (exact) mass is 252 g/mol. The van der Waals surface area contributed by atoms with Crippen molar-refractivity contribution in [3.63, 3.8) is 0 Å². The van der Waals surface area contributed by atoms with Gasteiger partial charge in [0.15, 0.2) is 5.89 Å². The van der Waals surface area contributed by atoms with Gasteiger partial charge in [0.25, 0.3) is 5.91 Å². The Morgan fingerprint density at radius 1 is 1.56 bits per heavy atom. The third-order valence-corrected chi connectivity index (χ3v) is 3.44. The summed E-state index contributed by atoms with van der Waals surface area (Å²) in [7, 11) is 0. The van der Waals surface area contributed by atoms with Crippen molar-refractivity contribution in [3.05, 3.63) is 17.3 Å². The minimum Gasteiger partial charge on any atom is -0.436 e. The van der Waals surface area contributed by atoms with Crippen molar-refractivity contribution in [2.24, 2.45) is 5.92 Å². The Hall–Kier alpha value is -1.36. The van der Waals surface area contributed by atoms with Crippen LogP contribution in [0.3, 0.4) is 0 Å². The summed E-state index contributed by atoms with van der Waals surface area (Å²) in [6, 6.07) is 0. The van der Waals surface area contributed by atoms with Crippen LogP contribution in [-0.2, 0) is 0 Å². The van der Waals surface area contributed by atoms with E-state index in [2.05, 4.69) is 4.98 Å². The summed E-state index contributed by atoms with van der Waals surface area (Å²) in [6.45, 7) is 5.19. The van der Waals surface area contributed by atoms with Crippen LogP contribution in [0.1, 0.15) is 41.4 Å². The molecule has 2 rings (SSSR count). The predicted octanol–water partition coefficient (Wildman–Crippen LogP) is 1.53. The van der Waals surface area contributed by atoms with Crippen molar-refractivity contribution in [1.29, 1.82) is 0 Å². The van der Waals surface area contributed by atoms with Crippen molar-refractivity contribution < 1.29 is 14.3 Å². The van der Waals surface area contributed by atoms with Gasteiger partial charge in [0, 0.05) is 26.6 Å². The number of hydrogen-bond donors (Lipinski definition) is 1. The fourth-order valence-corrected chi connectivity index (χ4v) is 2.54. The summed E-state index contributed by atoms with van der Waals surface area (Å²) in [6.07, 6.45) is 2.83. The van der Waals surface area contributed by atoms with Gasteiger partial charge in [-0.15, -0.1) is 0 Å². The fraction of sp³-hybridized carbons (Fsp3) is 0.692. The van der Waals surface area contributed by atoms with Crippen molar-refractivity contribution in [2.45, 2.75) is 33.1 Å². The van der Waals surface area contributed by atoms with E-state index in [0.717, 1.165) is 25.8 Å². The molecule has 1 aliphatic heterocycles. The second-order valence-corrected chi connectivity index (χ2v) is 4.92. The van der Waals surface area contributed by atoms with Crippen LogP contribution in [0.15, 0.2) is 4.42 Å². The molecule has 5 heteroatoms. The Morgan fingerprint density at radius 3 is 2.94 bits per heavy atom. The van der Waals surface area contributed by atoms with Crippen molar-refractivity contribution >= 4 is 5.91 Å². The van der Waals surface area contributed by atoms with Crippen molar-refractivity contribution in [2.75, 3.05) is 19.7 Å². The number of likely N-dealkylation sites (tertiary alicyclic amines) is 1. The Labute approximate surface area is 107 Å². The first kappa shape index (κ1) is 13.1. The maximum atomic E-state index is 12.3. The Bertz CT molecular complexity index is 426. The minimum atomic E-state index is -0.0734. The smallest absolute Gasteiger partial charge is 0.291 e. The number of carbonyl (C=O) groups excluding carboxylic acids is 1. The van der Waals surface area contributed by atoms with Gasteiger partial charge in [-0.3, -0.25) is 4.79 Å². The maximum Gasteiger partial charge on any atom is 0.291 e. The lowest BCUT2D eigenvalue weighted by Gasteiger charge is -2.32. The molecule has 2 heterocycles. The fourth-order valence-electron chi connectivity index (χ4n) is 2.54.